The van der Waals surface area contributed by atoms with Crippen LogP contribution >= 0.6 is 35.3 Å². The Morgan fingerprint density at radius 2 is 2.06 bits per heavy atom. The Morgan fingerprint density at radius 1 is 1.31 bits per heavy atom. The maximum Gasteiger partial charge on any atom is 0.222 e. The second-order valence-electron chi connectivity index (χ2n) is 8.11. The summed E-state index contributed by atoms with van der Waals surface area (Å²) >= 11 is 1.81. The molecule has 3 unspecified atom stereocenters. The van der Waals surface area contributed by atoms with E-state index in [-0.39, 0.29) is 35.7 Å². The van der Waals surface area contributed by atoms with E-state index in [1.807, 2.05) is 0 Å². The topological polar surface area (TPSA) is 82.7 Å². The zero-order valence-electron chi connectivity index (χ0n) is 18.6. The summed E-state index contributed by atoms with van der Waals surface area (Å²) in [7, 11) is 3.91. The van der Waals surface area contributed by atoms with Crippen molar-refractivity contribution in [1.29, 1.82) is 0 Å². The number of thiophene rings is 1. The third kappa shape index (κ3) is 7.41. The van der Waals surface area contributed by atoms with Crippen LogP contribution in [0.4, 0.5) is 4.39 Å². The van der Waals surface area contributed by atoms with Crippen LogP contribution in [-0.2, 0) is 11.2 Å². The summed E-state index contributed by atoms with van der Waals surface area (Å²) in [6.07, 6.45) is 2.79. The number of likely N-dealkylation sites (tertiary alicyclic amines) is 1. The number of guanidine groups is 1. The van der Waals surface area contributed by atoms with Crippen molar-refractivity contribution < 1.29 is 9.18 Å². The first kappa shape index (κ1) is 26.5. The van der Waals surface area contributed by atoms with E-state index in [0.717, 1.165) is 25.1 Å². The van der Waals surface area contributed by atoms with Gasteiger partial charge in [-0.25, -0.2) is 4.39 Å². The Kier molecular flexibility index (Phi) is 10.9. The molecule has 1 aliphatic heterocycles. The van der Waals surface area contributed by atoms with Crippen molar-refractivity contribution in [1.82, 2.24) is 15.5 Å². The number of hydrogen-bond donors (Lipinski definition) is 3. The first-order valence-corrected chi connectivity index (χ1v) is 11.6. The quantitative estimate of drug-likeness (QED) is 0.257. The molecule has 32 heavy (non-hydrogen) atoms. The Labute approximate surface area is 210 Å². The molecule has 6 nitrogen and oxygen atoms in total. The van der Waals surface area contributed by atoms with E-state index >= 15 is 0 Å². The third-order valence-corrected chi connectivity index (χ3v) is 6.85. The Hall–Kier alpha value is -1.72. The molecule has 0 radical (unpaired) electrons. The van der Waals surface area contributed by atoms with Gasteiger partial charge in [-0.05, 0) is 67.9 Å². The van der Waals surface area contributed by atoms with Crippen molar-refractivity contribution in [3.8, 4) is 0 Å². The zero-order chi connectivity index (χ0) is 22.2. The molecule has 4 N–H and O–H groups in total. The van der Waals surface area contributed by atoms with Crippen LogP contribution in [0.3, 0.4) is 0 Å². The number of rotatable bonds is 8. The number of halogens is 2. The van der Waals surface area contributed by atoms with Crippen molar-refractivity contribution in [3.05, 3.63) is 58.0 Å². The summed E-state index contributed by atoms with van der Waals surface area (Å²) in [5.41, 5.74) is 6.48. The summed E-state index contributed by atoms with van der Waals surface area (Å²) in [4.78, 5) is 20.1. The van der Waals surface area contributed by atoms with Gasteiger partial charge in [0.25, 0.3) is 0 Å². The van der Waals surface area contributed by atoms with Crippen LogP contribution in [0, 0.1) is 17.7 Å². The van der Waals surface area contributed by atoms with Crippen molar-refractivity contribution >= 4 is 47.2 Å². The first-order chi connectivity index (χ1) is 15.0. The van der Waals surface area contributed by atoms with Gasteiger partial charge in [0, 0.05) is 31.1 Å². The zero-order valence-corrected chi connectivity index (χ0v) is 21.7. The predicted molar refractivity (Wildman–Crippen MR) is 140 cm³/mol. The van der Waals surface area contributed by atoms with Crippen LogP contribution in [0.15, 0.2) is 46.8 Å². The fraction of sp³-hybridized carbons (Fsp3) is 0.478. The van der Waals surface area contributed by atoms with Gasteiger partial charge in [0.1, 0.15) is 5.82 Å². The summed E-state index contributed by atoms with van der Waals surface area (Å²) in [6, 6.07) is 10.9. The monoisotopic (exact) mass is 573 g/mol. The minimum absolute atomic E-state index is 0. The molecule has 1 amide bonds. The van der Waals surface area contributed by atoms with Gasteiger partial charge >= 0.3 is 0 Å². The van der Waals surface area contributed by atoms with Gasteiger partial charge in [-0.2, -0.15) is 0 Å². The number of amides is 1. The summed E-state index contributed by atoms with van der Waals surface area (Å²) in [5, 5.41) is 8.80. The molecule has 2 aromatic rings. The van der Waals surface area contributed by atoms with Crippen LogP contribution in [0.2, 0.25) is 0 Å². The lowest BCUT2D eigenvalue weighted by molar-refractivity contribution is -0.121. The first-order valence-electron chi connectivity index (χ1n) is 10.7. The van der Waals surface area contributed by atoms with Gasteiger partial charge in [0.15, 0.2) is 5.96 Å². The van der Waals surface area contributed by atoms with Gasteiger partial charge in [-0.1, -0.05) is 18.2 Å². The van der Waals surface area contributed by atoms with Crippen LogP contribution in [-0.4, -0.2) is 50.5 Å². The van der Waals surface area contributed by atoms with Crippen molar-refractivity contribution in [2.75, 3.05) is 33.7 Å². The maximum atomic E-state index is 13.1. The highest BCUT2D eigenvalue weighted by Crippen LogP contribution is 2.36. The number of benzene rings is 1. The lowest BCUT2D eigenvalue weighted by Gasteiger charge is -2.39. The van der Waals surface area contributed by atoms with Gasteiger partial charge in [0.05, 0.1) is 5.92 Å². The molecular formula is C23H33FIN5OS. The van der Waals surface area contributed by atoms with E-state index in [9.17, 15) is 9.18 Å². The third-order valence-electron chi connectivity index (χ3n) is 5.91. The highest BCUT2D eigenvalue weighted by atomic mass is 127. The summed E-state index contributed by atoms with van der Waals surface area (Å²) in [5.74, 6) is 0.0320. The van der Waals surface area contributed by atoms with Crippen molar-refractivity contribution in [3.63, 3.8) is 0 Å². The summed E-state index contributed by atoms with van der Waals surface area (Å²) in [6.45, 7) is 2.27. The number of nitrogens with one attached hydrogen (secondary N) is 2. The number of hydrogen-bond acceptors (Lipinski definition) is 4. The minimum atomic E-state index is -0.413. The number of carbonyl (C=O) groups is 1. The lowest BCUT2D eigenvalue weighted by atomic mass is 9.88. The lowest BCUT2D eigenvalue weighted by Crippen LogP contribution is -2.47. The van der Waals surface area contributed by atoms with Crippen LogP contribution in [0.1, 0.15) is 29.3 Å². The minimum Gasteiger partial charge on any atom is -0.369 e. The van der Waals surface area contributed by atoms with Crippen LogP contribution in [0.5, 0.6) is 0 Å². The van der Waals surface area contributed by atoms with E-state index in [2.05, 4.69) is 45.1 Å². The smallest absolute Gasteiger partial charge is 0.222 e. The summed E-state index contributed by atoms with van der Waals surface area (Å²) < 4.78 is 13.1. The van der Waals surface area contributed by atoms with Gasteiger partial charge < -0.3 is 16.4 Å². The van der Waals surface area contributed by atoms with E-state index in [0.29, 0.717) is 30.9 Å². The number of nitrogens with two attached hydrogens (primary N) is 1. The number of aliphatic imine (C=N–C) groups is 1. The fourth-order valence-corrected chi connectivity index (χ4v) is 5.21. The average molecular weight is 574 g/mol. The molecule has 1 aromatic heterocycles. The average Bonchev–Trinajstić information content (AvgIpc) is 3.28. The number of carbonyl (C=O) groups excluding carboxylic acids is 1. The molecule has 0 aliphatic carbocycles. The normalized spacial score (nSPS) is 20.3. The fourth-order valence-electron chi connectivity index (χ4n) is 4.23. The molecule has 2 heterocycles. The number of primary amides is 1. The molecule has 0 bridgehead atoms. The molecule has 3 atom stereocenters. The number of nitrogens with zero attached hydrogens (tertiary/aromatic N) is 2. The SMILES string of the molecule is CN=C(NCC(Cc1ccc(F)cc1)C(N)=O)NCC1CCCN(C)C1c1cccs1.I. The Bertz CT molecular complexity index is 862. The molecule has 0 spiro atoms. The van der Waals surface area contributed by atoms with Crippen LogP contribution < -0.4 is 16.4 Å². The van der Waals surface area contributed by atoms with Gasteiger partial charge in [-0.15, -0.1) is 35.3 Å². The molecular weight excluding hydrogens is 540 g/mol. The van der Waals surface area contributed by atoms with Crippen LogP contribution in [0.25, 0.3) is 0 Å². The molecule has 3 rings (SSSR count). The molecule has 1 aromatic carbocycles. The Morgan fingerprint density at radius 3 is 2.69 bits per heavy atom. The Balaban J connectivity index is 0.00000363. The molecule has 1 aliphatic rings. The highest BCUT2D eigenvalue weighted by Gasteiger charge is 2.31. The van der Waals surface area contributed by atoms with Crippen molar-refractivity contribution in [2.24, 2.45) is 22.6 Å². The molecule has 0 saturated carbocycles. The molecule has 176 valence electrons. The van der Waals surface area contributed by atoms with Gasteiger partial charge in [0.2, 0.25) is 5.91 Å². The largest absolute Gasteiger partial charge is 0.369 e. The highest BCUT2D eigenvalue weighted by molar-refractivity contribution is 14.0. The van der Waals surface area contributed by atoms with E-state index in [1.54, 1.807) is 30.5 Å². The van der Waals surface area contributed by atoms with E-state index in [4.69, 9.17) is 5.73 Å². The predicted octanol–water partition coefficient (Wildman–Crippen LogP) is 3.40. The molecule has 1 saturated heterocycles. The second-order valence-corrected chi connectivity index (χ2v) is 9.09. The standard InChI is InChI=1S/C23H32FN5OS.HI/c1-26-23(28-15-18(22(25)30)13-16-7-9-19(24)10-8-16)27-14-17-5-3-11-29(2)21(17)20-6-4-12-31-20;/h4,6-10,12,17-18,21H,3,5,11,13-15H2,1-2H3,(H2,25,30)(H2,26,27,28);1H. The van der Waals surface area contributed by atoms with Gasteiger partial charge in [-0.3, -0.25) is 14.7 Å². The molecule has 9 heteroatoms. The molecule has 1 fully saturated rings. The van der Waals surface area contributed by atoms with E-state index in [1.165, 1.54) is 23.4 Å². The van der Waals surface area contributed by atoms with Crippen molar-refractivity contribution in [2.45, 2.75) is 25.3 Å². The van der Waals surface area contributed by atoms with E-state index < -0.39 is 5.92 Å². The number of piperidine rings is 1. The second kappa shape index (κ2) is 13.1. The maximum absolute atomic E-state index is 13.1.